The van der Waals surface area contributed by atoms with Crippen LogP contribution in [0.25, 0.3) is 11.3 Å². The summed E-state index contributed by atoms with van der Waals surface area (Å²) in [5.41, 5.74) is 7.58. The molecule has 0 radical (unpaired) electrons. The molecule has 3 rings (SSSR count). The molecule has 0 atom stereocenters. The first kappa shape index (κ1) is 15.0. The molecule has 0 unspecified atom stereocenters. The lowest BCUT2D eigenvalue weighted by Gasteiger charge is -2.07. The molecule has 2 aromatic heterocycles. The van der Waals surface area contributed by atoms with Crippen LogP contribution in [0, 0.1) is 0 Å². The molecule has 0 spiro atoms. The van der Waals surface area contributed by atoms with Crippen LogP contribution in [-0.4, -0.2) is 23.0 Å². The standard InChI is InChI=1S/C16H14N4O2S/c1-22-11-4-2-10(3-5-11)19-16-18-8-6-13(20-16)12-7-9-23-14(12)15(17)21/h2-9H,1H3,(H2,17,21)(H,18,19,20). The summed E-state index contributed by atoms with van der Waals surface area (Å²) >= 11 is 1.30. The monoisotopic (exact) mass is 326 g/mol. The van der Waals surface area contributed by atoms with Crippen molar-refractivity contribution in [1.29, 1.82) is 0 Å². The number of carbonyl (C=O) groups is 1. The number of thiophene rings is 1. The minimum Gasteiger partial charge on any atom is -0.497 e. The molecular weight excluding hydrogens is 312 g/mol. The maximum absolute atomic E-state index is 11.5. The molecule has 0 aliphatic heterocycles. The molecule has 1 amide bonds. The number of primary amides is 1. The summed E-state index contributed by atoms with van der Waals surface area (Å²) in [6.45, 7) is 0. The van der Waals surface area contributed by atoms with E-state index in [1.54, 1.807) is 19.4 Å². The number of hydrogen-bond acceptors (Lipinski definition) is 6. The van der Waals surface area contributed by atoms with Crippen molar-refractivity contribution in [2.24, 2.45) is 5.73 Å². The van der Waals surface area contributed by atoms with Gasteiger partial charge >= 0.3 is 0 Å². The van der Waals surface area contributed by atoms with Gasteiger partial charge in [0.15, 0.2) is 0 Å². The second-order valence-electron chi connectivity index (χ2n) is 4.65. The highest BCUT2D eigenvalue weighted by molar-refractivity contribution is 7.12. The van der Waals surface area contributed by atoms with Gasteiger partial charge in [-0.05, 0) is 41.8 Å². The van der Waals surface area contributed by atoms with Crippen LogP contribution in [0.1, 0.15) is 9.67 Å². The highest BCUT2D eigenvalue weighted by atomic mass is 32.1. The Morgan fingerprint density at radius 1 is 1.22 bits per heavy atom. The van der Waals surface area contributed by atoms with Gasteiger partial charge in [0.25, 0.3) is 5.91 Å². The number of ether oxygens (including phenoxy) is 1. The SMILES string of the molecule is COc1ccc(Nc2nccc(-c3ccsc3C(N)=O)n2)cc1. The molecule has 7 heteroatoms. The molecular formula is C16H14N4O2S. The second-order valence-corrected chi connectivity index (χ2v) is 5.56. The Balaban J connectivity index is 1.87. The minimum absolute atomic E-state index is 0.439. The van der Waals surface area contributed by atoms with Crippen molar-refractivity contribution >= 4 is 28.9 Å². The Kier molecular flexibility index (Phi) is 4.20. The largest absolute Gasteiger partial charge is 0.497 e. The number of nitrogens with zero attached hydrogens (tertiary/aromatic N) is 2. The quantitative estimate of drug-likeness (QED) is 0.752. The van der Waals surface area contributed by atoms with Gasteiger partial charge in [-0.15, -0.1) is 11.3 Å². The van der Waals surface area contributed by atoms with Crippen molar-refractivity contribution in [1.82, 2.24) is 9.97 Å². The fourth-order valence-corrected chi connectivity index (χ4v) is 2.83. The smallest absolute Gasteiger partial charge is 0.259 e. The minimum atomic E-state index is -0.460. The van der Waals surface area contributed by atoms with Gasteiger partial charge in [-0.25, -0.2) is 9.97 Å². The van der Waals surface area contributed by atoms with Crippen LogP contribution >= 0.6 is 11.3 Å². The Hall–Kier alpha value is -2.93. The van der Waals surface area contributed by atoms with Crippen molar-refractivity contribution in [2.45, 2.75) is 0 Å². The van der Waals surface area contributed by atoms with E-state index in [1.807, 2.05) is 35.7 Å². The summed E-state index contributed by atoms with van der Waals surface area (Å²) in [7, 11) is 1.62. The average Bonchev–Trinajstić information content (AvgIpc) is 3.06. The predicted octanol–water partition coefficient (Wildman–Crippen LogP) is 3.06. The van der Waals surface area contributed by atoms with E-state index in [4.69, 9.17) is 10.5 Å². The van der Waals surface area contributed by atoms with Gasteiger partial charge in [-0.1, -0.05) is 0 Å². The third-order valence-electron chi connectivity index (χ3n) is 3.17. The molecule has 0 fully saturated rings. The number of rotatable bonds is 5. The van der Waals surface area contributed by atoms with Gasteiger partial charge in [-0.2, -0.15) is 0 Å². The molecule has 2 heterocycles. The van der Waals surface area contributed by atoms with Gasteiger partial charge in [0.05, 0.1) is 12.8 Å². The summed E-state index contributed by atoms with van der Waals surface area (Å²) in [5, 5.41) is 4.93. The molecule has 0 aliphatic rings. The summed E-state index contributed by atoms with van der Waals surface area (Å²) in [5.74, 6) is 0.752. The fourth-order valence-electron chi connectivity index (χ4n) is 2.07. The number of anilines is 2. The van der Waals surface area contributed by atoms with E-state index >= 15 is 0 Å². The normalized spacial score (nSPS) is 10.3. The molecule has 0 bridgehead atoms. The molecule has 1 aromatic carbocycles. The molecule has 3 N–H and O–H groups in total. The topological polar surface area (TPSA) is 90.1 Å². The van der Waals surface area contributed by atoms with Crippen molar-refractivity contribution in [3.05, 3.63) is 52.9 Å². The second kappa shape index (κ2) is 6.45. The van der Waals surface area contributed by atoms with Crippen LogP contribution in [0.5, 0.6) is 5.75 Å². The van der Waals surface area contributed by atoms with E-state index in [-0.39, 0.29) is 0 Å². The molecule has 0 saturated carbocycles. The fraction of sp³-hybridized carbons (Fsp3) is 0.0625. The Morgan fingerprint density at radius 2 is 2.00 bits per heavy atom. The number of aromatic nitrogens is 2. The van der Waals surface area contributed by atoms with Crippen LogP contribution in [0.2, 0.25) is 0 Å². The number of nitrogens with one attached hydrogen (secondary N) is 1. The Morgan fingerprint density at radius 3 is 2.70 bits per heavy atom. The van der Waals surface area contributed by atoms with Gasteiger partial charge in [0, 0.05) is 17.4 Å². The first-order valence-electron chi connectivity index (χ1n) is 6.79. The van der Waals surface area contributed by atoms with E-state index in [1.165, 1.54) is 11.3 Å². The van der Waals surface area contributed by atoms with Gasteiger partial charge < -0.3 is 15.8 Å². The third-order valence-corrected chi connectivity index (χ3v) is 4.10. The summed E-state index contributed by atoms with van der Waals surface area (Å²) in [4.78, 5) is 20.6. The zero-order valence-electron chi connectivity index (χ0n) is 12.3. The van der Waals surface area contributed by atoms with E-state index < -0.39 is 5.91 Å². The highest BCUT2D eigenvalue weighted by Crippen LogP contribution is 2.27. The van der Waals surface area contributed by atoms with Crippen LogP contribution in [0.15, 0.2) is 48.0 Å². The van der Waals surface area contributed by atoms with Crippen molar-refractivity contribution in [3.8, 4) is 17.0 Å². The summed E-state index contributed by atoms with van der Waals surface area (Å²) in [6, 6.07) is 11.0. The highest BCUT2D eigenvalue weighted by Gasteiger charge is 2.13. The number of hydrogen-bond donors (Lipinski definition) is 2. The number of methoxy groups -OCH3 is 1. The Bertz CT molecular complexity index is 830. The zero-order chi connectivity index (χ0) is 16.2. The lowest BCUT2D eigenvalue weighted by molar-refractivity contribution is 0.100. The first-order valence-corrected chi connectivity index (χ1v) is 7.67. The number of amides is 1. The van der Waals surface area contributed by atoms with Gasteiger partial charge in [0.1, 0.15) is 10.6 Å². The first-order chi connectivity index (χ1) is 11.2. The number of nitrogens with two attached hydrogens (primary N) is 1. The van der Waals surface area contributed by atoms with Crippen LogP contribution < -0.4 is 15.8 Å². The van der Waals surface area contributed by atoms with E-state index in [0.29, 0.717) is 22.1 Å². The van der Waals surface area contributed by atoms with E-state index in [9.17, 15) is 4.79 Å². The maximum atomic E-state index is 11.5. The molecule has 23 heavy (non-hydrogen) atoms. The number of carbonyl (C=O) groups excluding carboxylic acids is 1. The lowest BCUT2D eigenvalue weighted by Crippen LogP contribution is -2.10. The summed E-state index contributed by atoms with van der Waals surface area (Å²) in [6.07, 6.45) is 1.64. The molecule has 0 saturated heterocycles. The van der Waals surface area contributed by atoms with Gasteiger partial charge in [-0.3, -0.25) is 4.79 Å². The van der Waals surface area contributed by atoms with E-state index in [0.717, 1.165) is 11.4 Å². The van der Waals surface area contributed by atoms with Crippen molar-refractivity contribution < 1.29 is 9.53 Å². The van der Waals surface area contributed by atoms with Crippen LogP contribution in [0.3, 0.4) is 0 Å². The van der Waals surface area contributed by atoms with E-state index in [2.05, 4.69) is 15.3 Å². The maximum Gasteiger partial charge on any atom is 0.259 e. The average molecular weight is 326 g/mol. The molecule has 116 valence electrons. The number of benzene rings is 1. The van der Waals surface area contributed by atoms with Crippen LogP contribution in [-0.2, 0) is 0 Å². The van der Waals surface area contributed by atoms with Crippen LogP contribution in [0.4, 0.5) is 11.6 Å². The molecule has 3 aromatic rings. The zero-order valence-corrected chi connectivity index (χ0v) is 13.1. The molecule has 6 nitrogen and oxygen atoms in total. The van der Waals surface area contributed by atoms with Crippen molar-refractivity contribution in [3.63, 3.8) is 0 Å². The predicted molar refractivity (Wildman–Crippen MR) is 90.1 cm³/mol. The third kappa shape index (κ3) is 3.29. The van der Waals surface area contributed by atoms with Gasteiger partial charge in [0.2, 0.25) is 5.95 Å². The Labute approximate surface area is 137 Å². The van der Waals surface area contributed by atoms with Crippen molar-refractivity contribution in [2.75, 3.05) is 12.4 Å². The summed E-state index contributed by atoms with van der Waals surface area (Å²) < 4.78 is 5.12. The molecule has 0 aliphatic carbocycles. The lowest BCUT2D eigenvalue weighted by atomic mass is 10.2.